The molecule has 0 amide bonds. The zero-order chi connectivity index (χ0) is 12.0. The first-order valence-corrected chi connectivity index (χ1v) is 6.98. The predicted octanol–water partition coefficient (Wildman–Crippen LogP) is 3.22. The first kappa shape index (κ1) is 11.3. The summed E-state index contributed by atoms with van der Waals surface area (Å²) in [5.41, 5.74) is 10.6. The van der Waals surface area contributed by atoms with E-state index in [4.69, 9.17) is 5.73 Å². The Bertz CT molecular complexity index is 393. The molecule has 2 aliphatic carbocycles. The van der Waals surface area contributed by atoms with Gasteiger partial charge in [-0.05, 0) is 56.4 Å². The van der Waals surface area contributed by atoms with Crippen molar-refractivity contribution in [3.8, 4) is 0 Å². The van der Waals surface area contributed by atoms with Crippen LogP contribution in [-0.4, -0.2) is 6.04 Å². The van der Waals surface area contributed by atoms with Gasteiger partial charge in [0.15, 0.2) is 0 Å². The van der Waals surface area contributed by atoms with Gasteiger partial charge in [0, 0.05) is 6.04 Å². The van der Waals surface area contributed by atoms with Gasteiger partial charge in [0.2, 0.25) is 0 Å². The molecule has 0 saturated heterocycles. The molecule has 3 rings (SSSR count). The highest BCUT2D eigenvalue weighted by molar-refractivity contribution is 5.29. The Morgan fingerprint density at radius 1 is 1.12 bits per heavy atom. The van der Waals surface area contributed by atoms with Gasteiger partial charge in [0.1, 0.15) is 0 Å². The van der Waals surface area contributed by atoms with Crippen molar-refractivity contribution in [2.75, 3.05) is 0 Å². The highest BCUT2D eigenvalue weighted by atomic mass is 14.7. The Kier molecular flexibility index (Phi) is 2.74. The SMILES string of the molecule is Cc1cc(C)cc(CC(N)C2C3CCCC32)c1. The Labute approximate surface area is 104 Å². The minimum Gasteiger partial charge on any atom is -0.327 e. The van der Waals surface area contributed by atoms with E-state index in [1.807, 2.05) is 0 Å². The van der Waals surface area contributed by atoms with Crippen molar-refractivity contribution >= 4 is 0 Å². The molecule has 2 aliphatic rings. The molecule has 3 atom stereocenters. The van der Waals surface area contributed by atoms with Crippen molar-refractivity contribution in [3.63, 3.8) is 0 Å². The monoisotopic (exact) mass is 229 g/mol. The largest absolute Gasteiger partial charge is 0.327 e. The molecule has 17 heavy (non-hydrogen) atoms. The van der Waals surface area contributed by atoms with Crippen LogP contribution >= 0.6 is 0 Å². The number of hydrogen-bond donors (Lipinski definition) is 1. The second-order valence-electron chi connectivity index (χ2n) is 6.20. The summed E-state index contributed by atoms with van der Waals surface area (Å²) in [6.07, 6.45) is 5.40. The van der Waals surface area contributed by atoms with E-state index in [-0.39, 0.29) is 0 Å². The molecule has 2 fully saturated rings. The average Bonchev–Trinajstić information content (AvgIpc) is 2.72. The maximum absolute atomic E-state index is 6.40. The number of benzene rings is 1. The molecular weight excluding hydrogens is 206 g/mol. The molecule has 0 bridgehead atoms. The molecule has 1 aromatic rings. The zero-order valence-corrected chi connectivity index (χ0v) is 10.9. The minimum atomic E-state index is 0.395. The number of rotatable bonds is 3. The number of fused-ring (bicyclic) bond motifs is 1. The second-order valence-corrected chi connectivity index (χ2v) is 6.20. The van der Waals surface area contributed by atoms with Gasteiger partial charge in [-0.2, -0.15) is 0 Å². The standard InChI is InChI=1S/C16H23N/c1-10-6-11(2)8-12(7-10)9-15(17)16-13-4-3-5-14(13)16/h6-8,13-16H,3-5,9,17H2,1-2H3. The van der Waals surface area contributed by atoms with E-state index in [2.05, 4.69) is 32.0 Å². The van der Waals surface area contributed by atoms with Crippen LogP contribution in [0.1, 0.15) is 36.0 Å². The van der Waals surface area contributed by atoms with Crippen LogP contribution in [-0.2, 0) is 6.42 Å². The predicted molar refractivity (Wildman–Crippen MR) is 71.9 cm³/mol. The van der Waals surface area contributed by atoms with Crippen LogP contribution in [0.4, 0.5) is 0 Å². The van der Waals surface area contributed by atoms with Crippen molar-refractivity contribution in [3.05, 3.63) is 34.9 Å². The lowest BCUT2D eigenvalue weighted by molar-refractivity contribution is 0.484. The van der Waals surface area contributed by atoms with Crippen molar-refractivity contribution in [2.45, 2.75) is 45.6 Å². The lowest BCUT2D eigenvalue weighted by Crippen LogP contribution is -2.27. The van der Waals surface area contributed by atoms with Crippen molar-refractivity contribution in [2.24, 2.45) is 23.5 Å². The summed E-state index contributed by atoms with van der Waals surface area (Å²) in [6.45, 7) is 4.35. The van der Waals surface area contributed by atoms with Gasteiger partial charge in [0.25, 0.3) is 0 Å². The van der Waals surface area contributed by atoms with Crippen LogP contribution in [0, 0.1) is 31.6 Å². The molecule has 0 spiro atoms. The quantitative estimate of drug-likeness (QED) is 0.846. The summed E-state index contributed by atoms with van der Waals surface area (Å²) in [5.74, 6) is 2.80. The van der Waals surface area contributed by atoms with E-state index in [1.165, 1.54) is 36.0 Å². The summed E-state index contributed by atoms with van der Waals surface area (Å²) in [7, 11) is 0. The van der Waals surface area contributed by atoms with Crippen LogP contribution < -0.4 is 5.73 Å². The van der Waals surface area contributed by atoms with E-state index in [1.54, 1.807) is 0 Å². The number of hydrogen-bond acceptors (Lipinski definition) is 1. The highest BCUT2D eigenvalue weighted by Gasteiger charge is 2.54. The Balaban J connectivity index is 1.66. The third-order valence-corrected chi connectivity index (χ3v) is 4.72. The van der Waals surface area contributed by atoms with E-state index < -0.39 is 0 Å². The lowest BCUT2D eigenvalue weighted by atomic mass is 9.96. The molecule has 0 aromatic heterocycles. The van der Waals surface area contributed by atoms with Crippen molar-refractivity contribution in [1.82, 2.24) is 0 Å². The van der Waals surface area contributed by atoms with Gasteiger partial charge >= 0.3 is 0 Å². The van der Waals surface area contributed by atoms with Crippen LogP contribution in [0.25, 0.3) is 0 Å². The normalized spacial score (nSPS) is 32.3. The van der Waals surface area contributed by atoms with Crippen LogP contribution in [0.2, 0.25) is 0 Å². The maximum atomic E-state index is 6.40. The van der Waals surface area contributed by atoms with Crippen LogP contribution in [0.3, 0.4) is 0 Å². The fourth-order valence-corrected chi connectivity index (χ4v) is 4.11. The second kappa shape index (κ2) is 4.13. The first-order chi connectivity index (χ1) is 8.15. The zero-order valence-electron chi connectivity index (χ0n) is 10.9. The van der Waals surface area contributed by atoms with Gasteiger partial charge in [-0.3, -0.25) is 0 Å². The topological polar surface area (TPSA) is 26.0 Å². The minimum absolute atomic E-state index is 0.395. The Hall–Kier alpha value is -0.820. The molecule has 1 nitrogen and oxygen atoms in total. The third kappa shape index (κ3) is 2.13. The average molecular weight is 229 g/mol. The molecule has 92 valence electrons. The van der Waals surface area contributed by atoms with Gasteiger partial charge in [0.05, 0.1) is 0 Å². The lowest BCUT2D eigenvalue weighted by Gasteiger charge is -2.14. The molecule has 2 N–H and O–H groups in total. The third-order valence-electron chi connectivity index (χ3n) is 4.72. The molecule has 0 heterocycles. The molecule has 2 saturated carbocycles. The van der Waals surface area contributed by atoms with Crippen LogP contribution in [0.15, 0.2) is 18.2 Å². The van der Waals surface area contributed by atoms with E-state index in [0.29, 0.717) is 6.04 Å². The van der Waals surface area contributed by atoms with Crippen molar-refractivity contribution < 1.29 is 0 Å². The fourth-order valence-electron chi connectivity index (χ4n) is 4.11. The molecule has 1 aromatic carbocycles. The highest BCUT2D eigenvalue weighted by Crippen LogP contribution is 2.58. The fraction of sp³-hybridized carbons (Fsp3) is 0.625. The van der Waals surface area contributed by atoms with E-state index in [9.17, 15) is 0 Å². The Morgan fingerprint density at radius 3 is 2.29 bits per heavy atom. The number of aryl methyl sites for hydroxylation is 2. The maximum Gasteiger partial charge on any atom is 0.0113 e. The summed E-state index contributed by atoms with van der Waals surface area (Å²) in [5, 5.41) is 0. The molecular formula is C16H23N. The number of nitrogens with two attached hydrogens (primary N) is 1. The van der Waals surface area contributed by atoms with Gasteiger partial charge in [-0.15, -0.1) is 0 Å². The summed E-state index contributed by atoms with van der Waals surface area (Å²) >= 11 is 0. The summed E-state index contributed by atoms with van der Waals surface area (Å²) < 4.78 is 0. The van der Waals surface area contributed by atoms with Gasteiger partial charge in [-0.25, -0.2) is 0 Å². The van der Waals surface area contributed by atoms with E-state index in [0.717, 1.165) is 24.2 Å². The molecule has 1 heteroatoms. The smallest absolute Gasteiger partial charge is 0.0113 e. The van der Waals surface area contributed by atoms with Crippen molar-refractivity contribution in [1.29, 1.82) is 0 Å². The molecule has 0 aliphatic heterocycles. The van der Waals surface area contributed by atoms with E-state index >= 15 is 0 Å². The first-order valence-electron chi connectivity index (χ1n) is 6.98. The molecule has 3 unspecified atom stereocenters. The summed E-state index contributed by atoms with van der Waals surface area (Å²) in [4.78, 5) is 0. The van der Waals surface area contributed by atoms with Gasteiger partial charge < -0.3 is 5.73 Å². The van der Waals surface area contributed by atoms with Crippen LogP contribution in [0.5, 0.6) is 0 Å². The Morgan fingerprint density at radius 2 is 1.71 bits per heavy atom. The molecule has 0 radical (unpaired) electrons. The van der Waals surface area contributed by atoms with Gasteiger partial charge in [-0.1, -0.05) is 35.7 Å². The summed E-state index contributed by atoms with van der Waals surface area (Å²) in [6, 6.07) is 7.23.